The summed E-state index contributed by atoms with van der Waals surface area (Å²) in [5.41, 5.74) is 3.61. The van der Waals surface area contributed by atoms with Crippen LogP contribution >= 0.6 is 27.3 Å². The van der Waals surface area contributed by atoms with Crippen LogP contribution in [0.3, 0.4) is 0 Å². The van der Waals surface area contributed by atoms with Crippen molar-refractivity contribution >= 4 is 37.1 Å². The van der Waals surface area contributed by atoms with Crippen LogP contribution in [0, 0.1) is 0 Å². The molecule has 1 aromatic heterocycles. The van der Waals surface area contributed by atoms with E-state index in [0.717, 1.165) is 10.0 Å². The molecule has 0 amide bonds. The molecule has 2 rings (SSSR count). The molecule has 4 nitrogen and oxygen atoms in total. The van der Waals surface area contributed by atoms with Gasteiger partial charge in [0.1, 0.15) is 0 Å². The fourth-order valence-electron chi connectivity index (χ4n) is 1.90. The van der Waals surface area contributed by atoms with Crippen molar-refractivity contribution in [1.29, 1.82) is 0 Å². The van der Waals surface area contributed by atoms with Gasteiger partial charge in [-0.2, -0.15) is 0 Å². The number of nitrogens with two attached hydrogens (primary N) is 1. The Morgan fingerprint density at radius 2 is 2.15 bits per heavy atom. The van der Waals surface area contributed by atoms with Gasteiger partial charge in [0, 0.05) is 27.4 Å². The third kappa shape index (κ3) is 3.89. The Hall–Kier alpha value is -0.730. The van der Waals surface area contributed by atoms with Crippen molar-refractivity contribution in [3.05, 3.63) is 50.6 Å². The number of hydrazine groups is 1. The number of hydrogen-bond acceptors (Lipinski definition) is 5. The van der Waals surface area contributed by atoms with Crippen LogP contribution in [-0.4, -0.2) is 14.7 Å². The van der Waals surface area contributed by atoms with E-state index >= 15 is 0 Å². The van der Waals surface area contributed by atoms with E-state index in [4.69, 9.17) is 5.84 Å². The van der Waals surface area contributed by atoms with Crippen LogP contribution in [0.1, 0.15) is 16.5 Å². The molecule has 3 N–H and O–H groups in total. The first-order chi connectivity index (χ1) is 9.40. The van der Waals surface area contributed by atoms with Gasteiger partial charge in [-0.3, -0.25) is 11.3 Å². The highest BCUT2D eigenvalue weighted by atomic mass is 79.9. The first-order valence-corrected chi connectivity index (χ1v) is 9.45. The summed E-state index contributed by atoms with van der Waals surface area (Å²) in [5.74, 6) is 5.61. The Morgan fingerprint density at radius 3 is 2.70 bits per heavy atom. The molecule has 0 aliphatic heterocycles. The van der Waals surface area contributed by atoms with Crippen molar-refractivity contribution in [1.82, 2.24) is 5.43 Å². The maximum Gasteiger partial charge on any atom is 0.175 e. The van der Waals surface area contributed by atoms with Crippen LogP contribution < -0.4 is 11.3 Å². The second kappa shape index (κ2) is 6.36. The lowest BCUT2D eigenvalue weighted by Crippen LogP contribution is -2.29. The third-order valence-electron chi connectivity index (χ3n) is 2.92. The van der Waals surface area contributed by atoms with Gasteiger partial charge < -0.3 is 0 Å². The standard InChI is InChI=1S/C13H15BrN2O2S2/c1-20(17,18)12-4-2-3-9(5-12)13(16-15)7-11-6-10(14)8-19-11/h2-6,8,13,16H,7,15H2,1H3. The zero-order valence-corrected chi connectivity index (χ0v) is 14.1. The lowest BCUT2D eigenvalue weighted by molar-refractivity contribution is 0.554. The van der Waals surface area contributed by atoms with Crippen LogP contribution in [0.2, 0.25) is 0 Å². The average Bonchev–Trinajstić information content (AvgIpc) is 2.81. The number of halogens is 1. The van der Waals surface area contributed by atoms with E-state index in [2.05, 4.69) is 21.4 Å². The first-order valence-electron chi connectivity index (χ1n) is 5.89. The van der Waals surface area contributed by atoms with Crippen LogP contribution in [0.4, 0.5) is 0 Å². The fraction of sp³-hybridized carbons (Fsp3) is 0.231. The van der Waals surface area contributed by atoms with Crippen molar-refractivity contribution in [2.45, 2.75) is 17.4 Å². The number of benzene rings is 1. The summed E-state index contributed by atoms with van der Waals surface area (Å²) in [6.45, 7) is 0. The van der Waals surface area contributed by atoms with E-state index in [9.17, 15) is 8.42 Å². The molecule has 0 spiro atoms. The van der Waals surface area contributed by atoms with Gasteiger partial charge in [0.15, 0.2) is 9.84 Å². The summed E-state index contributed by atoms with van der Waals surface area (Å²) in [7, 11) is -3.21. The molecule has 20 heavy (non-hydrogen) atoms. The second-order valence-electron chi connectivity index (χ2n) is 4.50. The SMILES string of the molecule is CS(=O)(=O)c1cccc(C(Cc2cc(Br)cs2)NN)c1. The highest BCUT2D eigenvalue weighted by molar-refractivity contribution is 9.10. The molecule has 0 aliphatic carbocycles. The largest absolute Gasteiger partial charge is 0.271 e. The smallest absolute Gasteiger partial charge is 0.175 e. The van der Waals surface area contributed by atoms with E-state index < -0.39 is 9.84 Å². The van der Waals surface area contributed by atoms with Crippen LogP contribution in [0.5, 0.6) is 0 Å². The van der Waals surface area contributed by atoms with E-state index in [1.165, 1.54) is 11.1 Å². The summed E-state index contributed by atoms with van der Waals surface area (Å²) < 4.78 is 24.2. The second-order valence-corrected chi connectivity index (χ2v) is 8.43. The van der Waals surface area contributed by atoms with Crippen LogP contribution in [-0.2, 0) is 16.3 Å². The van der Waals surface area contributed by atoms with Crippen molar-refractivity contribution < 1.29 is 8.42 Å². The molecule has 0 saturated carbocycles. The van der Waals surface area contributed by atoms with Crippen LogP contribution in [0.15, 0.2) is 45.1 Å². The number of nitrogens with one attached hydrogen (secondary N) is 1. The Labute approximate surface area is 131 Å². The summed E-state index contributed by atoms with van der Waals surface area (Å²) in [4.78, 5) is 1.48. The van der Waals surface area contributed by atoms with Gasteiger partial charge in [0.05, 0.1) is 10.9 Å². The Bertz CT molecular complexity index is 698. The number of hydrogen-bond donors (Lipinski definition) is 2. The zero-order valence-electron chi connectivity index (χ0n) is 10.8. The molecule has 1 heterocycles. The van der Waals surface area contributed by atoms with Crippen molar-refractivity contribution in [2.75, 3.05) is 6.26 Å². The molecule has 0 aliphatic rings. The van der Waals surface area contributed by atoms with E-state index in [1.807, 2.05) is 17.5 Å². The highest BCUT2D eigenvalue weighted by Gasteiger charge is 2.15. The molecule has 1 atom stereocenters. The van der Waals surface area contributed by atoms with Gasteiger partial charge in [0.25, 0.3) is 0 Å². The molecular weight excluding hydrogens is 360 g/mol. The van der Waals surface area contributed by atoms with Crippen molar-refractivity contribution in [3.8, 4) is 0 Å². The molecule has 1 aromatic carbocycles. The zero-order chi connectivity index (χ0) is 14.8. The lowest BCUT2D eigenvalue weighted by Gasteiger charge is -2.16. The lowest BCUT2D eigenvalue weighted by atomic mass is 10.0. The van der Waals surface area contributed by atoms with E-state index in [0.29, 0.717) is 11.3 Å². The minimum absolute atomic E-state index is 0.123. The minimum atomic E-state index is -3.21. The number of rotatable bonds is 5. The predicted octanol–water partition coefficient (Wildman–Crippen LogP) is 2.66. The first kappa shape index (κ1) is 15.7. The van der Waals surface area contributed by atoms with E-state index in [-0.39, 0.29) is 6.04 Å². The molecular formula is C13H15BrN2O2S2. The quantitative estimate of drug-likeness (QED) is 0.623. The monoisotopic (exact) mass is 374 g/mol. The Morgan fingerprint density at radius 1 is 1.40 bits per heavy atom. The molecule has 108 valence electrons. The summed E-state index contributed by atoms with van der Waals surface area (Å²) in [5, 5.41) is 2.01. The topological polar surface area (TPSA) is 72.2 Å². The number of sulfone groups is 1. The third-order valence-corrected chi connectivity index (χ3v) is 5.75. The molecule has 0 bridgehead atoms. The van der Waals surface area contributed by atoms with Crippen molar-refractivity contribution in [2.24, 2.45) is 5.84 Å². The Balaban J connectivity index is 2.28. The molecule has 2 aromatic rings. The highest BCUT2D eigenvalue weighted by Crippen LogP contribution is 2.26. The van der Waals surface area contributed by atoms with Gasteiger partial charge in [-0.05, 0) is 39.7 Å². The summed E-state index contributed by atoms with van der Waals surface area (Å²) in [6, 6.07) is 8.79. The molecule has 0 saturated heterocycles. The Kier molecular flexibility index (Phi) is 4.98. The maximum absolute atomic E-state index is 11.6. The summed E-state index contributed by atoms with van der Waals surface area (Å²) >= 11 is 5.05. The minimum Gasteiger partial charge on any atom is -0.271 e. The van der Waals surface area contributed by atoms with Gasteiger partial charge in [0.2, 0.25) is 0 Å². The van der Waals surface area contributed by atoms with Gasteiger partial charge in [-0.15, -0.1) is 11.3 Å². The van der Waals surface area contributed by atoms with Gasteiger partial charge in [-0.25, -0.2) is 8.42 Å². The molecule has 0 fully saturated rings. The summed E-state index contributed by atoms with van der Waals surface area (Å²) in [6.07, 6.45) is 1.91. The molecule has 0 radical (unpaired) electrons. The fourth-order valence-corrected chi connectivity index (χ4v) is 4.07. The average molecular weight is 375 g/mol. The number of thiophene rings is 1. The van der Waals surface area contributed by atoms with E-state index in [1.54, 1.807) is 29.5 Å². The predicted molar refractivity (Wildman–Crippen MR) is 85.3 cm³/mol. The van der Waals surface area contributed by atoms with Crippen molar-refractivity contribution in [3.63, 3.8) is 0 Å². The van der Waals surface area contributed by atoms with Gasteiger partial charge in [-0.1, -0.05) is 12.1 Å². The van der Waals surface area contributed by atoms with Crippen LogP contribution in [0.25, 0.3) is 0 Å². The normalized spacial score (nSPS) is 13.3. The van der Waals surface area contributed by atoms with Gasteiger partial charge >= 0.3 is 0 Å². The molecule has 1 unspecified atom stereocenters. The maximum atomic E-state index is 11.6. The molecule has 7 heteroatoms.